The number of hydrogen-bond acceptors (Lipinski definition) is 1. The molecule has 0 atom stereocenters. The minimum atomic E-state index is 0.632. The summed E-state index contributed by atoms with van der Waals surface area (Å²) in [6.45, 7) is 4.33. The Morgan fingerprint density at radius 2 is 2.25 bits per heavy atom. The molecule has 0 aromatic heterocycles. The second kappa shape index (κ2) is 3.92. The van der Waals surface area contributed by atoms with E-state index in [1.54, 1.807) is 6.07 Å². The molecule has 0 aliphatic heterocycles. The van der Waals surface area contributed by atoms with Gasteiger partial charge in [0, 0.05) is 0 Å². The third-order valence-electron chi connectivity index (χ3n) is 1.62. The lowest BCUT2D eigenvalue weighted by Crippen LogP contribution is -1.93. The van der Waals surface area contributed by atoms with E-state index in [1.807, 2.05) is 12.1 Å². The Balaban J connectivity index is 2.81. The molecule has 61 valence electrons. The van der Waals surface area contributed by atoms with Gasteiger partial charge in [0.25, 0.3) is 0 Å². The van der Waals surface area contributed by atoms with E-state index in [4.69, 9.17) is 5.26 Å². The highest BCUT2D eigenvalue weighted by Gasteiger charge is 1.98. The first kappa shape index (κ1) is 8.80. The second-order valence-electron chi connectivity index (χ2n) is 3.34. The van der Waals surface area contributed by atoms with Crippen molar-refractivity contribution in [3.8, 4) is 6.07 Å². The summed E-state index contributed by atoms with van der Waals surface area (Å²) < 4.78 is 0. The Bertz CT molecular complexity index is 294. The first-order chi connectivity index (χ1) is 5.72. The molecule has 0 amide bonds. The van der Waals surface area contributed by atoms with Gasteiger partial charge in [0.2, 0.25) is 0 Å². The smallest absolute Gasteiger partial charge is 0.0991 e. The molecule has 0 aliphatic rings. The summed E-state index contributed by atoms with van der Waals surface area (Å²) in [4.78, 5) is 0. The number of benzene rings is 1. The molecule has 0 bridgehead atoms. The maximum atomic E-state index is 8.63. The van der Waals surface area contributed by atoms with Crippen LogP contribution in [0.15, 0.2) is 18.2 Å². The number of nitriles is 1. The molecule has 0 heterocycles. The molecule has 1 radical (unpaired) electrons. The van der Waals surface area contributed by atoms with Gasteiger partial charge < -0.3 is 0 Å². The number of rotatable bonds is 2. The molecule has 0 saturated heterocycles. The van der Waals surface area contributed by atoms with Gasteiger partial charge in [0.15, 0.2) is 0 Å². The zero-order valence-electron chi connectivity index (χ0n) is 7.46. The van der Waals surface area contributed by atoms with Crippen LogP contribution in [0.5, 0.6) is 0 Å². The topological polar surface area (TPSA) is 23.8 Å². The molecular formula is C11H12N. The molecule has 1 heteroatoms. The monoisotopic (exact) mass is 158 g/mol. The van der Waals surface area contributed by atoms with E-state index < -0.39 is 0 Å². The molecule has 0 fully saturated rings. The van der Waals surface area contributed by atoms with Gasteiger partial charge in [-0.2, -0.15) is 5.26 Å². The highest BCUT2D eigenvalue weighted by atomic mass is 14.2. The van der Waals surface area contributed by atoms with Gasteiger partial charge in [0.05, 0.1) is 11.6 Å². The van der Waals surface area contributed by atoms with Gasteiger partial charge in [-0.05, 0) is 36.1 Å². The van der Waals surface area contributed by atoms with Crippen LogP contribution in [-0.2, 0) is 6.42 Å². The van der Waals surface area contributed by atoms with Gasteiger partial charge in [-0.25, -0.2) is 0 Å². The maximum absolute atomic E-state index is 8.63. The largest absolute Gasteiger partial charge is 0.192 e. The van der Waals surface area contributed by atoms with Crippen LogP contribution in [0, 0.1) is 23.3 Å². The summed E-state index contributed by atoms with van der Waals surface area (Å²) in [5.74, 6) is 0.632. The molecule has 0 aliphatic carbocycles. The Hall–Kier alpha value is -1.29. The summed E-state index contributed by atoms with van der Waals surface area (Å²) >= 11 is 0. The van der Waals surface area contributed by atoms with Crippen LogP contribution < -0.4 is 0 Å². The molecule has 12 heavy (non-hydrogen) atoms. The molecular weight excluding hydrogens is 146 g/mol. The van der Waals surface area contributed by atoms with Crippen molar-refractivity contribution in [1.29, 1.82) is 5.26 Å². The summed E-state index contributed by atoms with van der Waals surface area (Å²) in [5, 5.41) is 8.63. The normalized spacial score (nSPS) is 9.83. The SMILES string of the molecule is CC(C)Cc1c[c]cc(C#N)c1. The average molecular weight is 158 g/mol. The van der Waals surface area contributed by atoms with Crippen LogP contribution in [0.1, 0.15) is 25.0 Å². The molecule has 0 spiro atoms. The maximum Gasteiger partial charge on any atom is 0.0991 e. The van der Waals surface area contributed by atoms with E-state index in [-0.39, 0.29) is 0 Å². The average Bonchev–Trinajstić information content (AvgIpc) is 2.03. The van der Waals surface area contributed by atoms with Crippen LogP contribution in [0.2, 0.25) is 0 Å². The minimum Gasteiger partial charge on any atom is -0.192 e. The molecule has 1 rings (SSSR count). The first-order valence-corrected chi connectivity index (χ1v) is 4.12. The van der Waals surface area contributed by atoms with Crippen molar-refractivity contribution in [2.75, 3.05) is 0 Å². The molecule has 0 unspecified atom stereocenters. The Kier molecular flexibility index (Phi) is 2.88. The molecule has 0 N–H and O–H groups in total. The quantitative estimate of drug-likeness (QED) is 0.649. The van der Waals surface area contributed by atoms with Crippen LogP contribution in [0.25, 0.3) is 0 Å². The Morgan fingerprint density at radius 3 is 2.83 bits per heavy atom. The zero-order chi connectivity index (χ0) is 8.97. The standard InChI is InChI=1S/C11H12N/c1-9(2)6-10-4-3-5-11(7-10)8-12/h4-5,7,9H,6H2,1-2H3. The third-order valence-corrected chi connectivity index (χ3v) is 1.62. The van der Waals surface area contributed by atoms with Crippen molar-refractivity contribution in [1.82, 2.24) is 0 Å². The number of hydrogen-bond donors (Lipinski definition) is 0. The highest BCUT2D eigenvalue weighted by molar-refractivity contribution is 5.32. The van der Waals surface area contributed by atoms with Crippen LogP contribution in [0.4, 0.5) is 0 Å². The third kappa shape index (κ3) is 2.39. The van der Waals surface area contributed by atoms with Crippen molar-refractivity contribution in [2.24, 2.45) is 5.92 Å². The predicted octanol–water partition coefficient (Wildman–Crippen LogP) is 2.56. The van der Waals surface area contributed by atoms with E-state index in [1.165, 1.54) is 5.56 Å². The van der Waals surface area contributed by atoms with Crippen LogP contribution in [0.3, 0.4) is 0 Å². The van der Waals surface area contributed by atoms with Crippen molar-refractivity contribution in [3.63, 3.8) is 0 Å². The highest BCUT2D eigenvalue weighted by Crippen LogP contribution is 2.09. The van der Waals surface area contributed by atoms with Crippen molar-refractivity contribution >= 4 is 0 Å². The van der Waals surface area contributed by atoms with Crippen molar-refractivity contribution in [2.45, 2.75) is 20.3 Å². The lowest BCUT2D eigenvalue weighted by molar-refractivity contribution is 0.647. The second-order valence-corrected chi connectivity index (χ2v) is 3.34. The molecule has 1 aromatic rings. The summed E-state index contributed by atoms with van der Waals surface area (Å²) in [6, 6.07) is 10.7. The van der Waals surface area contributed by atoms with Crippen LogP contribution in [-0.4, -0.2) is 0 Å². The summed E-state index contributed by atoms with van der Waals surface area (Å²) in [7, 11) is 0. The van der Waals surface area contributed by atoms with E-state index in [9.17, 15) is 0 Å². The predicted molar refractivity (Wildman–Crippen MR) is 48.5 cm³/mol. The lowest BCUT2D eigenvalue weighted by Gasteiger charge is -2.03. The lowest BCUT2D eigenvalue weighted by atomic mass is 10.0. The summed E-state index contributed by atoms with van der Waals surface area (Å²) in [6.07, 6.45) is 1.02. The Labute approximate surface area is 73.6 Å². The van der Waals surface area contributed by atoms with E-state index in [0.717, 1.165) is 6.42 Å². The molecule has 0 saturated carbocycles. The molecule has 1 aromatic carbocycles. The van der Waals surface area contributed by atoms with E-state index in [0.29, 0.717) is 11.5 Å². The fourth-order valence-electron chi connectivity index (χ4n) is 1.18. The van der Waals surface area contributed by atoms with Gasteiger partial charge in [-0.3, -0.25) is 0 Å². The van der Waals surface area contributed by atoms with Gasteiger partial charge in [-0.1, -0.05) is 19.9 Å². The van der Waals surface area contributed by atoms with Gasteiger partial charge in [-0.15, -0.1) is 0 Å². The minimum absolute atomic E-state index is 0.632. The zero-order valence-corrected chi connectivity index (χ0v) is 7.46. The van der Waals surface area contributed by atoms with E-state index >= 15 is 0 Å². The fraction of sp³-hybridized carbons (Fsp3) is 0.364. The van der Waals surface area contributed by atoms with Gasteiger partial charge >= 0.3 is 0 Å². The fourth-order valence-corrected chi connectivity index (χ4v) is 1.18. The van der Waals surface area contributed by atoms with Crippen LogP contribution >= 0.6 is 0 Å². The van der Waals surface area contributed by atoms with Gasteiger partial charge in [0.1, 0.15) is 0 Å². The first-order valence-electron chi connectivity index (χ1n) is 4.12. The van der Waals surface area contributed by atoms with E-state index in [2.05, 4.69) is 26.0 Å². The Morgan fingerprint density at radius 1 is 1.50 bits per heavy atom. The number of nitrogens with zero attached hydrogens (tertiary/aromatic N) is 1. The van der Waals surface area contributed by atoms with Crippen molar-refractivity contribution in [3.05, 3.63) is 35.4 Å². The molecule has 1 nitrogen and oxygen atoms in total. The van der Waals surface area contributed by atoms with Crippen molar-refractivity contribution < 1.29 is 0 Å². The summed E-state index contributed by atoms with van der Waals surface area (Å²) in [5.41, 5.74) is 1.90.